The van der Waals surface area contributed by atoms with Crippen molar-refractivity contribution in [3.63, 3.8) is 0 Å². The first kappa shape index (κ1) is 14.4. The third-order valence-corrected chi connectivity index (χ3v) is 6.29. The van der Waals surface area contributed by atoms with Gasteiger partial charge in [-0.2, -0.15) is 8.42 Å². The molecule has 0 saturated heterocycles. The maximum Gasteiger partial charge on any atom is 0.343 e. The first-order valence-corrected chi connectivity index (χ1v) is 8.78. The lowest BCUT2D eigenvalue weighted by Crippen LogP contribution is -2.03. The molecule has 1 rings (SSSR count). The third kappa shape index (κ3) is 2.77. The maximum absolute atomic E-state index is 11.0. The summed E-state index contributed by atoms with van der Waals surface area (Å²) < 4.78 is 52.0. The van der Waals surface area contributed by atoms with Crippen molar-refractivity contribution in [1.82, 2.24) is 0 Å². The zero-order valence-corrected chi connectivity index (χ0v) is 12.3. The molecular weight excluding hydrogens is 417 g/mol. The van der Waals surface area contributed by atoms with E-state index in [1.54, 1.807) is 0 Å². The summed E-state index contributed by atoms with van der Waals surface area (Å²) in [6.45, 7) is 0. The molecule has 5 nitrogen and oxygen atoms in total. The summed E-state index contributed by atoms with van der Waals surface area (Å²) in [6, 6.07) is 0.996. The van der Waals surface area contributed by atoms with Crippen molar-refractivity contribution in [2.75, 3.05) is 0 Å². The van der Waals surface area contributed by atoms with Gasteiger partial charge in [0.2, 0.25) is 0 Å². The number of benzene rings is 1. The van der Waals surface area contributed by atoms with E-state index in [9.17, 15) is 14.6 Å². The van der Waals surface area contributed by atoms with E-state index in [0.717, 1.165) is 6.07 Å². The second-order valence-electron chi connectivity index (χ2n) is 2.49. The largest absolute Gasteiger partial charge is 0.343 e. The molecule has 0 saturated carbocycles. The normalized spacial score (nSPS) is 12.1. The van der Waals surface area contributed by atoms with Crippen LogP contribution in [0.4, 0.5) is 0 Å². The van der Waals surface area contributed by atoms with Crippen LogP contribution in [0.25, 0.3) is 0 Å². The summed E-state index contributed by atoms with van der Waals surface area (Å²) in [5.41, 5.74) is 0. The lowest BCUT2D eigenvalue weighted by atomic mass is 10.3. The van der Waals surface area contributed by atoms with Crippen LogP contribution in [0, 0.1) is 3.57 Å². The van der Waals surface area contributed by atoms with Gasteiger partial charge >= 0.3 is 19.8 Å². The predicted octanol–water partition coefficient (Wildman–Crippen LogP) is 3.26. The van der Waals surface area contributed by atoms with Crippen LogP contribution in [-0.4, -0.2) is 13.0 Å². The second-order valence-corrected chi connectivity index (χ2v) is 7.36. The van der Waals surface area contributed by atoms with E-state index in [4.69, 9.17) is 39.4 Å². The highest BCUT2D eigenvalue weighted by atomic mass is 127. The highest BCUT2D eigenvalue weighted by molar-refractivity contribution is 14.2. The zero-order valence-electron chi connectivity index (χ0n) is 7.08. The van der Waals surface area contributed by atoms with Crippen LogP contribution in [-0.2, 0) is 16.3 Å². The molecule has 0 aliphatic rings. The quantitative estimate of drug-likeness (QED) is 0.452. The van der Waals surface area contributed by atoms with Crippen molar-refractivity contribution in [2.45, 2.75) is 4.90 Å². The Morgan fingerprint density at radius 1 is 1.12 bits per heavy atom. The highest BCUT2D eigenvalue weighted by Gasteiger charge is 2.27. The Morgan fingerprint density at radius 2 is 1.62 bits per heavy atom. The van der Waals surface area contributed by atoms with Gasteiger partial charge < -0.3 is 0 Å². The third-order valence-electron chi connectivity index (χ3n) is 1.48. The molecule has 0 heterocycles. The molecule has 1 N–H and O–H groups in total. The van der Waals surface area contributed by atoms with Gasteiger partial charge in [0.1, 0.15) is 8.47 Å². The molecule has 0 radical (unpaired) electrons. The summed E-state index contributed by atoms with van der Waals surface area (Å²) >= 11 is 12.3. The summed E-state index contributed by atoms with van der Waals surface area (Å²) in [6.07, 6.45) is 0. The monoisotopic (exact) mass is 418 g/mol. The number of halogens is 4. The Balaban J connectivity index is 3.95. The van der Waals surface area contributed by atoms with Crippen LogP contribution in [0.3, 0.4) is 0 Å². The fourth-order valence-corrected chi connectivity index (χ4v) is 5.67. The Kier molecular flexibility index (Phi) is 4.41. The Labute approximate surface area is 113 Å². The van der Waals surface area contributed by atoms with Gasteiger partial charge in [-0.3, -0.25) is 4.55 Å². The van der Waals surface area contributed by atoms with E-state index in [0.29, 0.717) is 0 Å². The second kappa shape index (κ2) is 4.91. The molecular formula is C6H2Cl3IO5S. The van der Waals surface area contributed by atoms with Crippen LogP contribution >= 0.6 is 54.6 Å². The van der Waals surface area contributed by atoms with Crippen molar-refractivity contribution in [3.8, 4) is 0 Å². The van der Waals surface area contributed by atoms with Gasteiger partial charge in [0.15, 0.2) is 0 Å². The Hall–Kier alpha value is 0.330. The summed E-state index contributed by atoms with van der Waals surface area (Å²) in [5, 5.41) is -1.23. The van der Waals surface area contributed by atoms with Gasteiger partial charge in [0.05, 0.1) is 15.1 Å². The van der Waals surface area contributed by atoms with Gasteiger partial charge in [0.25, 0.3) is 10.1 Å². The van der Waals surface area contributed by atoms with E-state index in [1.807, 2.05) is 0 Å². The zero-order chi connectivity index (χ0) is 12.7. The molecule has 0 unspecified atom stereocenters. The molecule has 0 aliphatic carbocycles. The Morgan fingerprint density at radius 3 is 2.00 bits per heavy atom. The fourth-order valence-electron chi connectivity index (χ4n) is 0.922. The van der Waals surface area contributed by atoms with Gasteiger partial charge in [-0.05, 0) is 6.07 Å². The lowest BCUT2D eigenvalue weighted by molar-refractivity contribution is 0.482. The van der Waals surface area contributed by atoms with E-state index in [-0.39, 0.29) is 5.02 Å². The topological polar surface area (TPSA) is 88.5 Å². The number of rotatable bonds is 2. The van der Waals surface area contributed by atoms with E-state index in [2.05, 4.69) is 0 Å². The standard InChI is InChI=1S/C6H2Cl3IO5S/c7-2-1-3(8)5(10(11)12)6(4(2)9)16(13,14)15/h1H,(H,13,14,15). The van der Waals surface area contributed by atoms with Gasteiger partial charge in [0, 0.05) is 0 Å². The number of hydrogen-bond acceptors (Lipinski definition) is 4. The molecule has 0 fully saturated rings. The molecule has 90 valence electrons. The van der Waals surface area contributed by atoms with E-state index < -0.39 is 48.4 Å². The van der Waals surface area contributed by atoms with Crippen LogP contribution < -0.4 is 0 Å². The first-order chi connectivity index (χ1) is 7.16. The molecule has 0 spiro atoms. The summed E-state index contributed by atoms with van der Waals surface area (Å²) in [4.78, 5) is -0.970. The van der Waals surface area contributed by atoms with Gasteiger partial charge in [-0.25, -0.2) is 6.14 Å². The van der Waals surface area contributed by atoms with Crippen molar-refractivity contribution >= 4 is 64.7 Å². The molecule has 0 bridgehead atoms. The molecule has 0 amide bonds. The molecule has 1 aromatic rings. The number of hydrogen-bond donors (Lipinski definition) is 1. The van der Waals surface area contributed by atoms with Crippen molar-refractivity contribution in [1.29, 1.82) is 0 Å². The summed E-state index contributed by atoms with van der Waals surface area (Å²) in [7, 11) is -4.82. The Bertz CT molecular complexity index is 614. The summed E-state index contributed by atoms with van der Waals surface area (Å²) in [5.74, 6) is 0. The van der Waals surface area contributed by atoms with E-state index >= 15 is 0 Å². The molecule has 1 aromatic carbocycles. The minimum atomic E-state index is -4.82. The van der Waals surface area contributed by atoms with Crippen LogP contribution in [0.1, 0.15) is 0 Å². The molecule has 0 aliphatic heterocycles. The van der Waals surface area contributed by atoms with Gasteiger partial charge in [-0.15, -0.1) is 0 Å². The van der Waals surface area contributed by atoms with Crippen molar-refractivity contribution in [2.24, 2.45) is 0 Å². The fraction of sp³-hybridized carbons (Fsp3) is 0. The maximum atomic E-state index is 11.0. The van der Waals surface area contributed by atoms with Gasteiger partial charge in [-0.1, -0.05) is 34.8 Å². The van der Waals surface area contributed by atoms with Crippen molar-refractivity contribution < 1.29 is 19.1 Å². The molecule has 10 heteroatoms. The first-order valence-electron chi connectivity index (χ1n) is 3.36. The molecule has 0 atom stereocenters. The highest BCUT2D eigenvalue weighted by Crippen LogP contribution is 2.40. The smallest absolute Gasteiger partial charge is 0.282 e. The molecule has 16 heavy (non-hydrogen) atoms. The van der Waals surface area contributed by atoms with Crippen molar-refractivity contribution in [3.05, 3.63) is 24.7 Å². The minimum Gasteiger partial charge on any atom is -0.282 e. The van der Waals surface area contributed by atoms with Crippen LogP contribution in [0.15, 0.2) is 11.0 Å². The van der Waals surface area contributed by atoms with E-state index in [1.165, 1.54) is 0 Å². The SMILES string of the molecule is O=I(=O)c1c(Cl)cc(Cl)c(Cl)c1S(=O)(=O)O. The minimum absolute atomic E-state index is 0.263. The molecule has 0 aromatic heterocycles. The van der Waals surface area contributed by atoms with Crippen LogP contribution in [0.2, 0.25) is 15.1 Å². The average molecular weight is 419 g/mol. The predicted molar refractivity (Wildman–Crippen MR) is 65.4 cm³/mol. The van der Waals surface area contributed by atoms with Crippen LogP contribution in [0.5, 0.6) is 0 Å². The lowest BCUT2D eigenvalue weighted by Gasteiger charge is -2.06. The average Bonchev–Trinajstić information content (AvgIpc) is 2.07.